The summed E-state index contributed by atoms with van der Waals surface area (Å²) in [5.41, 5.74) is 6.70. The molecule has 0 saturated heterocycles. The van der Waals surface area contributed by atoms with Crippen molar-refractivity contribution in [2.75, 3.05) is 6.61 Å². The highest BCUT2D eigenvalue weighted by molar-refractivity contribution is 5.64. The zero-order valence-corrected chi connectivity index (χ0v) is 12.4. The Labute approximate surface area is 127 Å². The molecular formula is C20H22O. The lowest BCUT2D eigenvalue weighted by molar-refractivity contribution is 0.117. The number of ether oxygens (including phenoxy) is 1. The molecule has 0 aromatic heterocycles. The van der Waals surface area contributed by atoms with E-state index in [-0.39, 0.29) is 0 Å². The molecule has 0 unspecified atom stereocenters. The third-order valence-electron chi connectivity index (χ3n) is 3.41. The van der Waals surface area contributed by atoms with E-state index in [1.165, 1.54) is 16.7 Å². The van der Waals surface area contributed by atoms with E-state index >= 15 is 0 Å². The van der Waals surface area contributed by atoms with Crippen molar-refractivity contribution in [2.45, 2.75) is 25.9 Å². The van der Waals surface area contributed by atoms with E-state index in [0.29, 0.717) is 6.61 Å². The summed E-state index contributed by atoms with van der Waals surface area (Å²) in [7, 11) is 0. The van der Waals surface area contributed by atoms with Gasteiger partial charge in [-0.25, -0.2) is 0 Å². The van der Waals surface area contributed by atoms with Crippen LogP contribution in [-0.4, -0.2) is 6.61 Å². The fourth-order valence-electron chi connectivity index (χ4n) is 2.24. The molecule has 0 fully saturated rings. The lowest BCUT2D eigenvalue weighted by atomic mass is 10.0. The Bertz CT molecular complexity index is 565. The molecule has 0 aliphatic carbocycles. The zero-order chi connectivity index (χ0) is 14.8. The average molecular weight is 278 g/mol. The summed E-state index contributed by atoms with van der Waals surface area (Å²) in [6.07, 6.45) is 3.16. The maximum absolute atomic E-state index is 5.70. The van der Waals surface area contributed by atoms with Gasteiger partial charge in [0.2, 0.25) is 0 Å². The standard InChI is InChI=1S/C20H22O/c1-2-19(20-14-7-4-8-15-20)13-9-10-16-21-17-18-11-5-3-6-12-18/h3-8,11-12,14-15H,1,9-10,13,16-17H2. The normalized spacial score (nSPS) is 10.1. The molecule has 21 heavy (non-hydrogen) atoms. The summed E-state index contributed by atoms with van der Waals surface area (Å²) in [6.45, 7) is 5.30. The smallest absolute Gasteiger partial charge is 0.0716 e. The Kier molecular flexibility index (Phi) is 6.54. The van der Waals surface area contributed by atoms with Crippen LogP contribution in [0.4, 0.5) is 0 Å². The number of unbranched alkanes of at least 4 members (excludes halogenated alkanes) is 1. The van der Waals surface area contributed by atoms with Crippen molar-refractivity contribution < 1.29 is 4.74 Å². The van der Waals surface area contributed by atoms with Crippen molar-refractivity contribution in [3.8, 4) is 0 Å². The van der Waals surface area contributed by atoms with Gasteiger partial charge in [-0.2, -0.15) is 0 Å². The molecule has 108 valence electrons. The Morgan fingerprint density at radius 2 is 1.57 bits per heavy atom. The molecule has 0 atom stereocenters. The van der Waals surface area contributed by atoms with Crippen molar-refractivity contribution in [1.82, 2.24) is 0 Å². The zero-order valence-electron chi connectivity index (χ0n) is 12.4. The van der Waals surface area contributed by atoms with Crippen molar-refractivity contribution >= 4 is 5.57 Å². The number of hydrogen-bond donors (Lipinski definition) is 0. The van der Waals surface area contributed by atoms with Crippen molar-refractivity contribution in [2.24, 2.45) is 0 Å². The quantitative estimate of drug-likeness (QED) is 0.474. The minimum atomic E-state index is 0.698. The number of allylic oxidation sites excluding steroid dienone is 1. The first-order chi connectivity index (χ1) is 10.4. The van der Waals surface area contributed by atoms with E-state index in [4.69, 9.17) is 4.74 Å². The number of hydrogen-bond acceptors (Lipinski definition) is 1. The van der Waals surface area contributed by atoms with Gasteiger partial charge in [-0.3, -0.25) is 0 Å². The summed E-state index contributed by atoms with van der Waals surface area (Å²) in [5.74, 6) is 0. The van der Waals surface area contributed by atoms with Crippen LogP contribution in [0.2, 0.25) is 0 Å². The maximum atomic E-state index is 5.70. The van der Waals surface area contributed by atoms with Crippen LogP contribution in [-0.2, 0) is 11.3 Å². The predicted molar refractivity (Wildman–Crippen MR) is 88.9 cm³/mol. The number of benzene rings is 2. The van der Waals surface area contributed by atoms with Gasteiger partial charge in [-0.1, -0.05) is 67.2 Å². The Balaban J connectivity index is 1.64. The first-order valence-corrected chi connectivity index (χ1v) is 7.46. The van der Waals surface area contributed by atoms with Crippen LogP contribution in [0.5, 0.6) is 0 Å². The molecule has 2 aromatic carbocycles. The molecule has 2 aromatic rings. The topological polar surface area (TPSA) is 9.23 Å². The molecule has 0 aliphatic heterocycles. The molecule has 0 saturated carbocycles. The van der Waals surface area contributed by atoms with Crippen molar-refractivity contribution in [3.63, 3.8) is 0 Å². The van der Waals surface area contributed by atoms with Gasteiger partial charge in [0.1, 0.15) is 0 Å². The maximum Gasteiger partial charge on any atom is 0.0716 e. The van der Waals surface area contributed by atoms with E-state index in [1.807, 2.05) is 24.3 Å². The van der Waals surface area contributed by atoms with Crippen LogP contribution in [0.15, 0.2) is 73.0 Å². The number of rotatable bonds is 8. The lowest BCUT2D eigenvalue weighted by Crippen LogP contribution is -1.95. The highest BCUT2D eigenvalue weighted by Crippen LogP contribution is 2.19. The monoisotopic (exact) mass is 278 g/mol. The first kappa shape index (κ1) is 15.3. The molecule has 1 heteroatoms. The van der Waals surface area contributed by atoms with Crippen LogP contribution in [0.1, 0.15) is 30.4 Å². The summed E-state index contributed by atoms with van der Waals surface area (Å²) in [4.78, 5) is 0. The first-order valence-electron chi connectivity index (χ1n) is 7.46. The molecule has 1 nitrogen and oxygen atoms in total. The van der Waals surface area contributed by atoms with Gasteiger partial charge >= 0.3 is 0 Å². The molecule has 0 bridgehead atoms. The summed E-state index contributed by atoms with van der Waals surface area (Å²) in [6, 6.07) is 20.6. The van der Waals surface area contributed by atoms with E-state index in [0.717, 1.165) is 25.9 Å². The molecule has 0 aliphatic rings. The Morgan fingerprint density at radius 1 is 0.905 bits per heavy atom. The van der Waals surface area contributed by atoms with Gasteiger partial charge in [-0.15, -0.1) is 5.73 Å². The molecular weight excluding hydrogens is 256 g/mol. The summed E-state index contributed by atoms with van der Waals surface area (Å²) >= 11 is 0. The fourth-order valence-corrected chi connectivity index (χ4v) is 2.24. The molecule has 0 amide bonds. The van der Waals surface area contributed by atoms with Gasteiger partial charge in [0.05, 0.1) is 6.61 Å². The van der Waals surface area contributed by atoms with Crippen LogP contribution in [0.3, 0.4) is 0 Å². The van der Waals surface area contributed by atoms with Gasteiger partial charge < -0.3 is 4.74 Å². The second-order valence-electron chi connectivity index (χ2n) is 5.02. The van der Waals surface area contributed by atoms with Crippen LogP contribution < -0.4 is 0 Å². The SMILES string of the molecule is C=C=C(CCCCOCc1ccccc1)c1ccccc1. The van der Waals surface area contributed by atoms with Crippen molar-refractivity contribution in [3.05, 3.63) is 84.1 Å². The minimum absolute atomic E-state index is 0.698. The van der Waals surface area contributed by atoms with Crippen LogP contribution in [0, 0.1) is 0 Å². The third kappa shape index (κ3) is 5.43. The summed E-state index contributed by atoms with van der Waals surface area (Å²) < 4.78 is 5.70. The molecule has 2 rings (SSSR count). The predicted octanol–water partition coefficient (Wildman–Crippen LogP) is 5.24. The van der Waals surface area contributed by atoms with Crippen LogP contribution >= 0.6 is 0 Å². The minimum Gasteiger partial charge on any atom is -0.377 e. The van der Waals surface area contributed by atoms with Gasteiger partial charge in [0.25, 0.3) is 0 Å². The van der Waals surface area contributed by atoms with E-state index < -0.39 is 0 Å². The molecule has 0 radical (unpaired) electrons. The Morgan fingerprint density at radius 3 is 2.24 bits per heavy atom. The summed E-state index contributed by atoms with van der Waals surface area (Å²) in [5, 5.41) is 0. The van der Waals surface area contributed by atoms with Gasteiger partial charge in [0.15, 0.2) is 0 Å². The van der Waals surface area contributed by atoms with Crippen molar-refractivity contribution in [1.29, 1.82) is 0 Å². The van der Waals surface area contributed by atoms with E-state index in [2.05, 4.69) is 48.7 Å². The largest absolute Gasteiger partial charge is 0.377 e. The fraction of sp³-hybridized carbons (Fsp3) is 0.250. The highest BCUT2D eigenvalue weighted by atomic mass is 16.5. The molecule has 0 spiro atoms. The van der Waals surface area contributed by atoms with Crippen LogP contribution in [0.25, 0.3) is 5.57 Å². The lowest BCUT2D eigenvalue weighted by Gasteiger charge is -2.06. The van der Waals surface area contributed by atoms with Gasteiger partial charge in [-0.05, 0) is 30.4 Å². The third-order valence-corrected chi connectivity index (χ3v) is 3.41. The molecule has 0 heterocycles. The second-order valence-corrected chi connectivity index (χ2v) is 5.02. The Hall–Kier alpha value is -2.08. The second kappa shape index (κ2) is 8.97. The molecule has 0 N–H and O–H groups in total. The van der Waals surface area contributed by atoms with E-state index in [9.17, 15) is 0 Å². The van der Waals surface area contributed by atoms with E-state index in [1.54, 1.807) is 0 Å². The van der Waals surface area contributed by atoms with Gasteiger partial charge in [0, 0.05) is 12.2 Å². The average Bonchev–Trinajstić information content (AvgIpc) is 2.56. The highest BCUT2D eigenvalue weighted by Gasteiger charge is 2.00.